The third-order valence-electron chi connectivity index (χ3n) is 3.41. The summed E-state index contributed by atoms with van der Waals surface area (Å²) in [6.07, 6.45) is 3.23. The number of anilines is 1. The maximum absolute atomic E-state index is 12.6. The Morgan fingerprint density at radius 1 is 1.19 bits per heavy atom. The molecule has 134 valence electrons. The summed E-state index contributed by atoms with van der Waals surface area (Å²) in [5.74, 6) is 0.963. The lowest BCUT2D eigenvalue weighted by Gasteiger charge is -2.15. The highest BCUT2D eigenvalue weighted by Gasteiger charge is 2.16. The van der Waals surface area contributed by atoms with Gasteiger partial charge in [-0.1, -0.05) is 6.07 Å². The summed E-state index contributed by atoms with van der Waals surface area (Å²) in [7, 11) is 1.58. The molecule has 2 heterocycles. The average Bonchev–Trinajstić information content (AvgIpc) is 3.14. The average molecular weight is 369 g/mol. The summed E-state index contributed by atoms with van der Waals surface area (Å²) in [4.78, 5) is 21.7. The number of nitrogens with zero attached hydrogens (tertiary/aromatic N) is 2. The number of thiazole rings is 1. The van der Waals surface area contributed by atoms with E-state index in [9.17, 15) is 4.79 Å². The van der Waals surface area contributed by atoms with Crippen LogP contribution in [0.15, 0.2) is 48.8 Å². The minimum atomic E-state index is -0.258. The van der Waals surface area contributed by atoms with E-state index in [1.54, 1.807) is 37.7 Å². The second-order valence-corrected chi connectivity index (χ2v) is 6.76. The molecular formula is C19H19N3O3S. The van der Waals surface area contributed by atoms with Crippen molar-refractivity contribution in [3.05, 3.63) is 53.7 Å². The van der Waals surface area contributed by atoms with Crippen molar-refractivity contribution >= 4 is 22.9 Å². The van der Waals surface area contributed by atoms with Crippen molar-refractivity contribution in [2.24, 2.45) is 0 Å². The molecule has 0 spiro atoms. The zero-order valence-corrected chi connectivity index (χ0v) is 15.5. The molecule has 0 aliphatic heterocycles. The second kappa shape index (κ2) is 7.97. The standard InChI is InChI=1S/C19H19N3O3S/c1-12(2)25-16-8-7-13(24-3)10-15(16)22-18(23)17-11-21-19(26-17)14-6-4-5-9-20-14/h4-12H,1-3H3,(H,22,23). The lowest BCUT2D eigenvalue weighted by atomic mass is 10.2. The number of nitrogens with one attached hydrogen (secondary N) is 1. The van der Waals surface area contributed by atoms with Gasteiger partial charge in [0.2, 0.25) is 0 Å². The van der Waals surface area contributed by atoms with Crippen molar-refractivity contribution in [3.63, 3.8) is 0 Å². The molecule has 26 heavy (non-hydrogen) atoms. The molecule has 1 amide bonds. The van der Waals surface area contributed by atoms with Crippen LogP contribution in [-0.4, -0.2) is 29.1 Å². The van der Waals surface area contributed by atoms with Gasteiger partial charge in [-0.25, -0.2) is 4.98 Å². The fraction of sp³-hybridized carbons (Fsp3) is 0.211. The SMILES string of the molecule is COc1ccc(OC(C)C)c(NC(=O)c2cnc(-c3ccccn3)s2)c1. The quantitative estimate of drug-likeness (QED) is 0.703. The number of carbonyl (C=O) groups excluding carboxylic acids is 1. The van der Waals surface area contributed by atoms with E-state index >= 15 is 0 Å². The van der Waals surface area contributed by atoms with Gasteiger partial charge in [0.15, 0.2) is 0 Å². The highest BCUT2D eigenvalue weighted by Crippen LogP contribution is 2.31. The van der Waals surface area contributed by atoms with Crippen LogP contribution >= 0.6 is 11.3 Å². The van der Waals surface area contributed by atoms with Crippen LogP contribution in [-0.2, 0) is 0 Å². The van der Waals surface area contributed by atoms with Gasteiger partial charge >= 0.3 is 0 Å². The third-order valence-corrected chi connectivity index (χ3v) is 4.43. The summed E-state index contributed by atoms with van der Waals surface area (Å²) in [5.41, 5.74) is 1.29. The third kappa shape index (κ3) is 4.18. The molecule has 0 unspecified atom stereocenters. The highest BCUT2D eigenvalue weighted by atomic mass is 32.1. The Labute approximate surface area is 155 Å². The molecule has 0 atom stereocenters. The van der Waals surface area contributed by atoms with Gasteiger partial charge in [-0.15, -0.1) is 11.3 Å². The number of hydrogen-bond donors (Lipinski definition) is 1. The Hall–Kier alpha value is -2.93. The second-order valence-electron chi connectivity index (χ2n) is 5.73. The van der Waals surface area contributed by atoms with Crippen molar-refractivity contribution in [2.75, 3.05) is 12.4 Å². The zero-order valence-electron chi connectivity index (χ0n) is 14.7. The van der Waals surface area contributed by atoms with Gasteiger partial charge in [0.25, 0.3) is 5.91 Å². The van der Waals surface area contributed by atoms with Crippen LogP contribution in [0.5, 0.6) is 11.5 Å². The van der Waals surface area contributed by atoms with Gasteiger partial charge < -0.3 is 14.8 Å². The number of aromatic nitrogens is 2. The first kappa shape index (κ1) is 17.9. The Balaban J connectivity index is 1.83. The first-order valence-corrected chi connectivity index (χ1v) is 8.91. The number of pyridine rings is 1. The van der Waals surface area contributed by atoms with Gasteiger partial charge in [-0.2, -0.15) is 0 Å². The molecule has 3 rings (SSSR count). The highest BCUT2D eigenvalue weighted by molar-refractivity contribution is 7.17. The normalized spacial score (nSPS) is 10.6. The lowest BCUT2D eigenvalue weighted by molar-refractivity contribution is 0.102. The molecule has 0 radical (unpaired) electrons. The van der Waals surface area contributed by atoms with E-state index in [-0.39, 0.29) is 12.0 Å². The number of amides is 1. The molecule has 0 aliphatic carbocycles. The first-order valence-electron chi connectivity index (χ1n) is 8.10. The van der Waals surface area contributed by atoms with Gasteiger partial charge in [0.05, 0.1) is 30.8 Å². The molecule has 2 aromatic heterocycles. The fourth-order valence-corrected chi connectivity index (χ4v) is 3.05. The van der Waals surface area contributed by atoms with Gasteiger partial charge in [-0.05, 0) is 38.1 Å². The van der Waals surface area contributed by atoms with Crippen molar-refractivity contribution < 1.29 is 14.3 Å². The predicted molar refractivity (Wildman–Crippen MR) is 102 cm³/mol. The van der Waals surface area contributed by atoms with Crippen LogP contribution in [0.2, 0.25) is 0 Å². The molecule has 0 saturated heterocycles. The van der Waals surface area contributed by atoms with Gasteiger partial charge in [0, 0.05) is 12.3 Å². The number of methoxy groups -OCH3 is 1. The molecular weight excluding hydrogens is 350 g/mol. The number of benzene rings is 1. The Kier molecular flexibility index (Phi) is 5.48. The molecule has 1 aromatic carbocycles. The predicted octanol–water partition coefficient (Wildman–Crippen LogP) is 4.25. The number of carbonyl (C=O) groups is 1. The zero-order chi connectivity index (χ0) is 18.5. The monoisotopic (exact) mass is 369 g/mol. The minimum absolute atomic E-state index is 0.0155. The molecule has 0 aliphatic rings. The van der Waals surface area contributed by atoms with Crippen LogP contribution in [0.3, 0.4) is 0 Å². The lowest BCUT2D eigenvalue weighted by Crippen LogP contribution is -2.13. The Morgan fingerprint density at radius 3 is 2.73 bits per heavy atom. The van der Waals surface area contributed by atoms with Crippen molar-refractivity contribution in [1.82, 2.24) is 9.97 Å². The van der Waals surface area contributed by atoms with Crippen LogP contribution in [0, 0.1) is 0 Å². The van der Waals surface area contributed by atoms with E-state index in [1.807, 2.05) is 32.0 Å². The van der Waals surface area contributed by atoms with E-state index in [4.69, 9.17) is 9.47 Å². The molecule has 0 fully saturated rings. The number of rotatable bonds is 6. The Morgan fingerprint density at radius 2 is 2.04 bits per heavy atom. The summed E-state index contributed by atoms with van der Waals surface area (Å²) in [6.45, 7) is 3.86. The number of hydrogen-bond acceptors (Lipinski definition) is 6. The first-order chi connectivity index (χ1) is 12.6. The molecule has 1 N–H and O–H groups in total. The van der Waals surface area contributed by atoms with Gasteiger partial charge in [0.1, 0.15) is 21.4 Å². The van der Waals surface area contributed by atoms with E-state index in [1.165, 1.54) is 11.3 Å². The molecule has 0 bridgehead atoms. The van der Waals surface area contributed by atoms with Crippen molar-refractivity contribution in [1.29, 1.82) is 0 Å². The van der Waals surface area contributed by atoms with Crippen molar-refractivity contribution in [2.45, 2.75) is 20.0 Å². The summed E-state index contributed by atoms with van der Waals surface area (Å²) in [6, 6.07) is 10.9. The molecule has 6 nitrogen and oxygen atoms in total. The van der Waals surface area contributed by atoms with E-state index in [0.29, 0.717) is 27.1 Å². The molecule has 0 saturated carbocycles. The Bertz CT molecular complexity index is 894. The number of ether oxygens (including phenoxy) is 2. The van der Waals surface area contributed by atoms with Crippen LogP contribution in [0.25, 0.3) is 10.7 Å². The molecule has 3 aromatic rings. The topological polar surface area (TPSA) is 73.3 Å². The van der Waals surface area contributed by atoms with E-state index < -0.39 is 0 Å². The summed E-state index contributed by atoms with van der Waals surface area (Å²) >= 11 is 1.29. The smallest absolute Gasteiger partial charge is 0.267 e. The van der Waals surface area contributed by atoms with E-state index in [2.05, 4.69) is 15.3 Å². The largest absolute Gasteiger partial charge is 0.497 e. The maximum atomic E-state index is 12.6. The minimum Gasteiger partial charge on any atom is -0.497 e. The molecule has 7 heteroatoms. The van der Waals surface area contributed by atoms with Crippen LogP contribution < -0.4 is 14.8 Å². The van der Waals surface area contributed by atoms with E-state index in [0.717, 1.165) is 5.69 Å². The fourth-order valence-electron chi connectivity index (χ4n) is 2.26. The summed E-state index contributed by atoms with van der Waals surface area (Å²) in [5, 5.41) is 3.57. The van der Waals surface area contributed by atoms with Crippen molar-refractivity contribution in [3.8, 4) is 22.2 Å². The maximum Gasteiger partial charge on any atom is 0.267 e. The van der Waals surface area contributed by atoms with Crippen LogP contribution in [0.4, 0.5) is 5.69 Å². The van der Waals surface area contributed by atoms with Gasteiger partial charge in [-0.3, -0.25) is 9.78 Å². The summed E-state index contributed by atoms with van der Waals surface area (Å²) < 4.78 is 11.0. The van der Waals surface area contributed by atoms with Crippen LogP contribution in [0.1, 0.15) is 23.5 Å².